The van der Waals surface area contributed by atoms with Crippen LogP contribution in [0.2, 0.25) is 0 Å². The topological polar surface area (TPSA) is 24.5 Å². The Kier molecular flexibility index (Phi) is 22.9. The Morgan fingerprint density at radius 2 is 0.380 bits per heavy atom. The van der Waals surface area contributed by atoms with E-state index in [1.807, 2.05) is 0 Å². The van der Waals surface area contributed by atoms with Gasteiger partial charge >= 0.3 is 0 Å². The zero-order chi connectivity index (χ0) is 99.3. The van der Waals surface area contributed by atoms with Gasteiger partial charge in [-0.05, 0) is 298 Å². The molecule has 704 valence electrons. The second-order valence-corrected chi connectivity index (χ2v) is 38.6. The lowest BCUT2D eigenvalue weighted by Crippen LogP contribution is -2.11. The number of benzene rings is 26. The van der Waals surface area contributed by atoms with Crippen molar-refractivity contribution in [2.75, 3.05) is 14.7 Å². The first-order chi connectivity index (χ1) is 74.4. The lowest BCUT2D eigenvalue weighted by atomic mass is 9.93. The van der Waals surface area contributed by atoms with Crippen LogP contribution in [0.15, 0.2) is 595 Å². The smallest absolute Gasteiger partial charge is 0.0542 e. The van der Waals surface area contributed by atoms with Gasteiger partial charge < -0.3 is 28.4 Å². The summed E-state index contributed by atoms with van der Waals surface area (Å²) in [7, 11) is 0. The van der Waals surface area contributed by atoms with E-state index in [1.54, 1.807) is 0 Å². The summed E-state index contributed by atoms with van der Waals surface area (Å²) in [4.78, 5) is 7.03. The maximum absolute atomic E-state index is 2.42. The van der Waals surface area contributed by atoms with Gasteiger partial charge in [0.1, 0.15) is 0 Å². The standard InChI is InChI=1S/2C50H34N2.C44H30N2/c1-2-11-41(12-3-1)51(43-30-26-37(27-31-43)40-21-20-39-19-18-38-10-4-5-13-45(38)48(39)34-40)42-28-22-35(23-29-42)36-24-32-44(33-25-36)52-49-16-8-6-14-46(49)47-15-7-9-17-50(47)52;1-2-13-39(14-3-1)51(41-32-26-37(27-33-41)48-34-38-12-4-5-15-43(38)44-16-6-7-17-45(44)48)40-28-22-35(23-29-40)36-24-30-42(31-25-36)52-49-20-10-8-18-46(49)47-19-9-11-21-50(47)52;1-2-14-35(15-3-1)45(36-26-24-32(25-27-36)34-23-22-31-12-4-5-13-33(31)30-34)43-28-29-44(40-17-7-6-16-39(40)43)46-41-20-10-8-18-37(41)38-19-9-11-21-42(38)46/h2*1-34H;1-30H. The summed E-state index contributed by atoms with van der Waals surface area (Å²) in [5.74, 6) is 0. The van der Waals surface area contributed by atoms with Crippen LogP contribution in [0, 0.1) is 0 Å². The highest BCUT2D eigenvalue weighted by Gasteiger charge is 2.24. The first-order valence-electron chi connectivity index (χ1n) is 51.5. The van der Waals surface area contributed by atoms with E-state index in [0.717, 1.165) is 62.6 Å². The van der Waals surface area contributed by atoms with Gasteiger partial charge in [0.05, 0.1) is 44.5 Å². The summed E-state index contributed by atoms with van der Waals surface area (Å²) in [5, 5.41) is 22.8. The van der Waals surface area contributed by atoms with Crippen LogP contribution in [0.1, 0.15) is 0 Å². The minimum absolute atomic E-state index is 1.11. The second kappa shape index (κ2) is 38.6. The molecule has 0 spiro atoms. The maximum Gasteiger partial charge on any atom is 0.0542 e. The maximum atomic E-state index is 2.42. The van der Waals surface area contributed by atoms with Crippen molar-refractivity contribution in [3.63, 3.8) is 0 Å². The number of anilines is 9. The van der Waals surface area contributed by atoms with Crippen LogP contribution in [0.3, 0.4) is 0 Å². The number of nitrogens with zero attached hydrogens (tertiary/aromatic N) is 6. The van der Waals surface area contributed by atoms with Crippen LogP contribution in [0.5, 0.6) is 0 Å². The van der Waals surface area contributed by atoms with Crippen molar-refractivity contribution < 1.29 is 0 Å². The lowest BCUT2D eigenvalue weighted by Gasteiger charge is -2.28. The van der Waals surface area contributed by atoms with Gasteiger partial charge in [0, 0.05) is 100.0 Å². The van der Waals surface area contributed by atoms with E-state index in [-0.39, 0.29) is 0 Å². The third-order valence-corrected chi connectivity index (χ3v) is 29.9. The molecule has 0 unspecified atom stereocenters. The van der Waals surface area contributed by atoms with Crippen LogP contribution in [0.4, 0.5) is 51.2 Å². The molecule has 0 aliphatic carbocycles. The first-order valence-corrected chi connectivity index (χ1v) is 51.5. The quantitative estimate of drug-likeness (QED) is 0.0850. The highest BCUT2D eigenvalue weighted by molar-refractivity contribution is 6.17. The fraction of sp³-hybridized carbons (Fsp3) is 0. The molecule has 3 aromatic heterocycles. The molecule has 3 heterocycles. The number of hydrogen-bond donors (Lipinski definition) is 0. The van der Waals surface area contributed by atoms with E-state index in [9.17, 15) is 0 Å². The predicted molar refractivity (Wildman–Crippen MR) is 639 cm³/mol. The molecule has 0 amide bonds. The molecule has 150 heavy (non-hydrogen) atoms. The van der Waals surface area contributed by atoms with E-state index < -0.39 is 0 Å². The Bertz CT molecular complexity index is 9930. The molecule has 6 heteroatoms. The van der Waals surface area contributed by atoms with Gasteiger partial charge in [0.25, 0.3) is 0 Å². The molecule has 0 N–H and O–H groups in total. The predicted octanol–water partition coefficient (Wildman–Crippen LogP) is 40.0. The SMILES string of the molecule is c1ccc(N(c2ccc(-c3ccc(-n4c5ccccc5c5ccccc54)cc3)cc2)c2ccc(-c3cc4ccccc4c4ccccc34)cc2)cc1.c1ccc(N(c2ccc(-c3ccc(-n4c5ccccc5c5ccccc54)cc3)cc2)c2ccc(-c3ccc4ccc5ccccc5c4c3)cc2)cc1.c1ccc(N(c2ccc(-c3ccc4ccccc4c3)cc2)c2ccc(-n3c4ccccc4c4ccccc43)c3ccccc23)cc1. The van der Waals surface area contributed by atoms with Crippen molar-refractivity contribution in [2.24, 2.45) is 0 Å². The normalized spacial score (nSPS) is 11.5. The molecule has 0 bridgehead atoms. The zero-order valence-corrected chi connectivity index (χ0v) is 82.3. The van der Waals surface area contributed by atoms with Crippen molar-refractivity contribution in [1.29, 1.82) is 0 Å². The van der Waals surface area contributed by atoms with Gasteiger partial charge in [-0.1, -0.05) is 406 Å². The van der Waals surface area contributed by atoms with Gasteiger partial charge in [-0.15, -0.1) is 0 Å². The van der Waals surface area contributed by atoms with Crippen molar-refractivity contribution in [2.45, 2.75) is 0 Å². The van der Waals surface area contributed by atoms with Gasteiger partial charge in [0.2, 0.25) is 0 Å². The average molecular weight is 1910 g/mol. The molecule has 29 rings (SSSR count). The molecule has 0 radical (unpaired) electrons. The van der Waals surface area contributed by atoms with Crippen LogP contribution >= 0.6 is 0 Å². The summed E-state index contributed by atoms with van der Waals surface area (Å²) in [6.45, 7) is 0. The summed E-state index contributed by atoms with van der Waals surface area (Å²) in [6, 6.07) is 215. The van der Waals surface area contributed by atoms with Crippen LogP contribution in [0.25, 0.3) is 203 Å². The van der Waals surface area contributed by atoms with Crippen LogP contribution < -0.4 is 14.7 Å². The average Bonchev–Trinajstić information content (AvgIpc) is 1.55. The molecule has 26 aromatic carbocycles. The van der Waals surface area contributed by atoms with Crippen LogP contribution in [-0.4, -0.2) is 13.7 Å². The highest BCUT2D eigenvalue weighted by Crippen LogP contribution is 2.48. The fourth-order valence-electron chi connectivity index (χ4n) is 22.7. The van der Waals surface area contributed by atoms with E-state index in [2.05, 4.69) is 623 Å². The van der Waals surface area contributed by atoms with Crippen molar-refractivity contribution in [1.82, 2.24) is 13.7 Å². The molecule has 0 saturated heterocycles. The Morgan fingerprint density at radius 1 is 0.120 bits per heavy atom. The molecule has 0 saturated carbocycles. The van der Waals surface area contributed by atoms with Gasteiger partial charge in [-0.3, -0.25) is 0 Å². The third kappa shape index (κ3) is 16.4. The van der Waals surface area contributed by atoms with Crippen molar-refractivity contribution in [3.05, 3.63) is 595 Å². The van der Waals surface area contributed by atoms with Gasteiger partial charge in [0.15, 0.2) is 0 Å². The summed E-state index contributed by atoms with van der Waals surface area (Å²) in [5.41, 5.74) is 32.9. The molecule has 6 nitrogen and oxygen atoms in total. The van der Waals surface area contributed by atoms with Crippen molar-refractivity contribution >= 4 is 181 Å². The third-order valence-electron chi connectivity index (χ3n) is 29.9. The Balaban J connectivity index is 0.000000111. The summed E-state index contributed by atoms with van der Waals surface area (Å²) in [6.07, 6.45) is 0. The number of fused-ring (bicyclic) bond motifs is 17. The molecular formula is C144H98N6. The largest absolute Gasteiger partial charge is 0.311 e. The summed E-state index contributed by atoms with van der Waals surface area (Å²) < 4.78 is 7.15. The van der Waals surface area contributed by atoms with E-state index in [0.29, 0.717) is 0 Å². The minimum atomic E-state index is 1.11. The van der Waals surface area contributed by atoms with E-state index in [4.69, 9.17) is 0 Å². The number of hydrogen-bond acceptors (Lipinski definition) is 3. The highest BCUT2D eigenvalue weighted by atomic mass is 15.2. The Labute approximate surface area is 870 Å². The number of aromatic nitrogens is 3. The summed E-state index contributed by atoms with van der Waals surface area (Å²) >= 11 is 0. The number of para-hydroxylation sites is 9. The number of rotatable bonds is 17. The zero-order valence-electron chi connectivity index (χ0n) is 82.3. The Hall–Kier alpha value is -19.9. The molecular weight excluding hydrogens is 1810 g/mol. The molecule has 0 aliphatic heterocycles. The minimum Gasteiger partial charge on any atom is -0.311 e. The Morgan fingerprint density at radius 3 is 0.800 bits per heavy atom. The second-order valence-electron chi connectivity index (χ2n) is 38.6. The first kappa shape index (κ1) is 89.0. The fourth-order valence-corrected chi connectivity index (χ4v) is 22.7. The van der Waals surface area contributed by atoms with Gasteiger partial charge in [-0.25, -0.2) is 0 Å². The van der Waals surface area contributed by atoms with Crippen molar-refractivity contribution in [3.8, 4) is 72.7 Å². The molecule has 0 atom stereocenters. The molecule has 0 fully saturated rings. The monoisotopic (exact) mass is 1910 g/mol. The van der Waals surface area contributed by atoms with E-state index in [1.165, 1.54) is 191 Å². The van der Waals surface area contributed by atoms with Gasteiger partial charge in [-0.2, -0.15) is 0 Å². The lowest BCUT2D eigenvalue weighted by molar-refractivity contribution is 1.18. The van der Waals surface area contributed by atoms with Crippen LogP contribution in [-0.2, 0) is 0 Å². The molecule has 0 aliphatic rings. The molecule has 29 aromatic rings. The van der Waals surface area contributed by atoms with E-state index >= 15 is 0 Å².